The Labute approximate surface area is 96.5 Å². The molecule has 0 heterocycles. The Balaban J connectivity index is 2.53. The molecule has 0 radical (unpaired) electrons. The molecule has 1 aromatic carbocycles. The summed E-state index contributed by atoms with van der Waals surface area (Å²) in [5.74, 6) is 0. The van der Waals surface area contributed by atoms with Crippen LogP contribution in [0, 0.1) is 0 Å². The zero-order chi connectivity index (χ0) is 10.4. The number of benzene rings is 1. The molecule has 4 heteroatoms. The van der Waals surface area contributed by atoms with Crippen LogP contribution in [0.25, 0.3) is 0 Å². The molecule has 0 aliphatic rings. The Kier molecular flexibility index (Phi) is 5.64. The summed E-state index contributed by atoms with van der Waals surface area (Å²) in [6.45, 7) is 2.84. The average molecular weight is 245 g/mol. The molecule has 0 amide bonds. The van der Waals surface area contributed by atoms with Gasteiger partial charge in [0.15, 0.2) is 0 Å². The van der Waals surface area contributed by atoms with E-state index in [-0.39, 0.29) is 0 Å². The van der Waals surface area contributed by atoms with Gasteiger partial charge in [0.2, 0.25) is 11.8 Å². The lowest BCUT2D eigenvalue weighted by Crippen LogP contribution is -1.97. The highest BCUT2D eigenvalue weighted by atomic mass is 32.9. The summed E-state index contributed by atoms with van der Waals surface area (Å²) >= 11 is 8.91. The van der Waals surface area contributed by atoms with Crippen LogP contribution in [0.4, 0.5) is 0 Å². The summed E-state index contributed by atoms with van der Waals surface area (Å²) in [4.78, 5) is 0. The molecule has 76 valence electrons. The van der Waals surface area contributed by atoms with E-state index >= 15 is 0 Å². The predicted molar refractivity (Wildman–Crippen MR) is 68.7 cm³/mol. The van der Waals surface area contributed by atoms with Crippen molar-refractivity contribution in [3.8, 4) is 0 Å². The minimum atomic E-state index is -0.933. The summed E-state index contributed by atoms with van der Waals surface area (Å²) in [7, 11) is 0. The maximum atomic E-state index is 5.29. The molecule has 1 atom stereocenters. The molecule has 1 aromatic rings. The van der Waals surface area contributed by atoms with Crippen LogP contribution in [0.1, 0.15) is 18.1 Å². The fraction of sp³-hybridized carbons (Fsp3) is 0.400. The van der Waals surface area contributed by atoms with Crippen molar-refractivity contribution in [2.75, 3.05) is 6.61 Å². The van der Waals surface area contributed by atoms with Crippen molar-refractivity contribution < 1.29 is 4.52 Å². The normalized spacial score (nSPS) is 11.4. The minimum Gasteiger partial charge on any atom is -0.158 e. The van der Waals surface area contributed by atoms with Gasteiger partial charge in [-0.3, -0.25) is 0 Å². The largest absolute Gasteiger partial charge is 0.411 e. The molecule has 14 heavy (non-hydrogen) atoms. The Bertz CT molecular complexity index is 315. The lowest BCUT2D eigenvalue weighted by Gasteiger charge is -2.04. The Morgan fingerprint density at radius 2 is 2.00 bits per heavy atom. The van der Waals surface area contributed by atoms with Crippen LogP contribution < -0.4 is 0 Å². The smallest absolute Gasteiger partial charge is 0.158 e. The van der Waals surface area contributed by atoms with Crippen molar-refractivity contribution >= 4 is 30.2 Å². The molecular formula is C10H14OPS2+. The van der Waals surface area contributed by atoms with Gasteiger partial charge in [0.25, 0.3) is 0 Å². The van der Waals surface area contributed by atoms with E-state index in [9.17, 15) is 0 Å². The molecule has 0 spiro atoms. The Morgan fingerprint density at radius 3 is 2.57 bits per heavy atom. The molecule has 0 aliphatic carbocycles. The van der Waals surface area contributed by atoms with Gasteiger partial charge in [-0.1, -0.05) is 31.2 Å². The Morgan fingerprint density at radius 1 is 1.36 bits per heavy atom. The number of thiol groups is 1. The van der Waals surface area contributed by atoms with Crippen LogP contribution in [0.15, 0.2) is 24.3 Å². The quantitative estimate of drug-likeness (QED) is 0.628. The van der Waals surface area contributed by atoms with E-state index in [0.29, 0.717) is 6.61 Å². The van der Waals surface area contributed by atoms with Gasteiger partial charge >= 0.3 is 6.13 Å². The second kappa shape index (κ2) is 6.52. The summed E-state index contributed by atoms with van der Waals surface area (Å²) in [5, 5.41) is 0. The van der Waals surface area contributed by atoms with Crippen LogP contribution in [0.3, 0.4) is 0 Å². The van der Waals surface area contributed by atoms with Crippen LogP contribution in [0.5, 0.6) is 0 Å². The highest BCUT2D eigenvalue weighted by molar-refractivity contribution is 8.54. The molecule has 0 aliphatic heterocycles. The minimum absolute atomic E-state index is 0.676. The third kappa shape index (κ3) is 4.05. The Hall–Kier alpha value is 0.0500. The summed E-state index contributed by atoms with van der Waals surface area (Å²) < 4.78 is 5.29. The molecule has 0 aromatic heterocycles. The average Bonchev–Trinajstić information content (AvgIpc) is 2.18. The van der Waals surface area contributed by atoms with Crippen LogP contribution >= 0.6 is 18.4 Å². The van der Waals surface area contributed by atoms with E-state index in [2.05, 4.69) is 43.4 Å². The zero-order valence-corrected chi connectivity index (χ0v) is 10.7. The van der Waals surface area contributed by atoms with Gasteiger partial charge in [0, 0.05) is 6.42 Å². The second-order valence-corrected chi connectivity index (χ2v) is 6.57. The van der Waals surface area contributed by atoms with Crippen molar-refractivity contribution in [3.05, 3.63) is 35.4 Å². The van der Waals surface area contributed by atoms with Gasteiger partial charge in [-0.05, 0) is 17.5 Å². The third-order valence-electron chi connectivity index (χ3n) is 2.07. The summed E-state index contributed by atoms with van der Waals surface area (Å²) in [6, 6.07) is 8.44. The van der Waals surface area contributed by atoms with Crippen LogP contribution in [0.2, 0.25) is 0 Å². The van der Waals surface area contributed by atoms with E-state index in [4.69, 9.17) is 16.3 Å². The number of aryl methyl sites for hydroxylation is 1. The van der Waals surface area contributed by atoms with Gasteiger partial charge in [-0.25, -0.2) is 0 Å². The van der Waals surface area contributed by atoms with Crippen LogP contribution in [-0.4, -0.2) is 6.61 Å². The van der Waals surface area contributed by atoms with E-state index in [1.54, 1.807) is 0 Å². The lowest BCUT2D eigenvalue weighted by molar-refractivity contribution is 0.373. The fourth-order valence-corrected chi connectivity index (χ4v) is 2.10. The molecule has 0 bridgehead atoms. The first-order valence-corrected chi connectivity index (χ1v) is 8.02. The van der Waals surface area contributed by atoms with Crippen molar-refractivity contribution in [1.82, 2.24) is 0 Å². The van der Waals surface area contributed by atoms with Crippen molar-refractivity contribution in [1.29, 1.82) is 0 Å². The van der Waals surface area contributed by atoms with E-state index in [0.717, 1.165) is 12.8 Å². The highest BCUT2D eigenvalue weighted by Crippen LogP contribution is 2.27. The van der Waals surface area contributed by atoms with E-state index in [1.807, 2.05) is 0 Å². The van der Waals surface area contributed by atoms with E-state index in [1.165, 1.54) is 11.1 Å². The molecule has 0 N–H and O–H groups in total. The number of hydrogen-bond donors (Lipinski definition) is 1. The van der Waals surface area contributed by atoms with Gasteiger partial charge in [0.05, 0.1) is 0 Å². The third-order valence-corrected chi connectivity index (χ3v) is 3.14. The molecule has 0 saturated heterocycles. The molecule has 1 rings (SSSR count). The maximum absolute atomic E-state index is 5.29. The molecule has 0 saturated carbocycles. The van der Waals surface area contributed by atoms with Gasteiger partial charge in [-0.2, -0.15) is 4.52 Å². The first kappa shape index (κ1) is 12.1. The molecular weight excluding hydrogens is 231 g/mol. The number of rotatable bonds is 5. The first-order valence-electron chi connectivity index (χ1n) is 4.60. The van der Waals surface area contributed by atoms with Crippen molar-refractivity contribution in [2.45, 2.75) is 19.8 Å². The van der Waals surface area contributed by atoms with Gasteiger partial charge < -0.3 is 0 Å². The van der Waals surface area contributed by atoms with Gasteiger partial charge in [0.1, 0.15) is 18.9 Å². The first-order chi connectivity index (χ1) is 6.74. The molecule has 0 fully saturated rings. The van der Waals surface area contributed by atoms with Gasteiger partial charge in [-0.15, -0.1) is 0 Å². The van der Waals surface area contributed by atoms with E-state index < -0.39 is 6.13 Å². The number of hydrogen-bond acceptors (Lipinski definition) is 2. The second-order valence-electron chi connectivity index (χ2n) is 2.94. The highest BCUT2D eigenvalue weighted by Gasteiger charge is 2.05. The summed E-state index contributed by atoms with van der Waals surface area (Å²) in [5.41, 5.74) is 2.75. The predicted octanol–water partition coefficient (Wildman–Crippen LogP) is 3.51. The standard InChI is InChI=1S/C10H13OPS2/c1-2-9-5-3-4-6-10(9)7-8-11-12(13)14/h3-6H,2,7-8H2,1H3/p+1. The fourth-order valence-electron chi connectivity index (χ4n) is 1.38. The van der Waals surface area contributed by atoms with Crippen molar-refractivity contribution in [2.24, 2.45) is 0 Å². The molecule has 1 unspecified atom stereocenters. The summed E-state index contributed by atoms with van der Waals surface area (Å²) in [6.07, 6.45) is 1.07. The molecule has 1 nitrogen and oxygen atoms in total. The van der Waals surface area contributed by atoms with Crippen LogP contribution in [-0.2, 0) is 29.2 Å². The topological polar surface area (TPSA) is 9.23 Å². The SMILES string of the molecule is CCc1ccccc1CCO[P+](=S)S. The van der Waals surface area contributed by atoms with Crippen molar-refractivity contribution in [3.63, 3.8) is 0 Å². The monoisotopic (exact) mass is 245 g/mol. The zero-order valence-electron chi connectivity index (χ0n) is 8.14. The maximum Gasteiger partial charge on any atom is 0.411 e. The lowest BCUT2D eigenvalue weighted by atomic mass is 10.0.